The molecule has 4 aromatic rings. The van der Waals surface area contributed by atoms with Crippen molar-refractivity contribution in [3.8, 4) is 28.7 Å². The van der Waals surface area contributed by atoms with E-state index in [1.54, 1.807) is 67.2 Å². The highest BCUT2D eigenvalue weighted by Crippen LogP contribution is 2.57. The highest BCUT2D eigenvalue weighted by atomic mass is 16.6. The van der Waals surface area contributed by atoms with E-state index in [4.69, 9.17) is 37.9 Å². The first-order chi connectivity index (χ1) is 41.9. The van der Waals surface area contributed by atoms with Crippen molar-refractivity contribution in [2.75, 3.05) is 76.0 Å². The molecule has 5 atom stereocenters. The van der Waals surface area contributed by atoms with E-state index in [0.717, 1.165) is 28.9 Å². The van der Waals surface area contributed by atoms with Gasteiger partial charge in [-0.25, -0.2) is 19.3 Å². The number of methoxy groups -OCH3 is 3. The van der Waals surface area contributed by atoms with Gasteiger partial charge in [-0.3, -0.25) is 24.1 Å². The highest BCUT2D eigenvalue weighted by Gasteiger charge is 2.58. The number of anilines is 3. The number of carbonyl (C=O) groups excluding carboxylic acids is 7. The fourth-order valence-corrected chi connectivity index (χ4v) is 11.2. The lowest BCUT2D eigenvalue weighted by Crippen LogP contribution is -2.53. The molecule has 4 aromatic carbocycles. The maximum absolute atomic E-state index is 14.4. The van der Waals surface area contributed by atoms with Gasteiger partial charge in [0.15, 0.2) is 29.2 Å². The molecule has 462 valence electrons. The molecule has 1 saturated carbocycles. The second-order valence-corrected chi connectivity index (χ2v) is 22.4. The second-order valence-electron chi connectivity index (χ2n) is 22.4. The van der Waals surface area contributed by atoms with Crippen LogP contribution in [0.15, 0.2) is 104 Å². The number of aliphatic hydroxyl groups is 1. The summed E-state index contributed by atoms with van der Waals surface area (Å²) in [6.45, 7) is 12.9. The van der Waals surface area contributed by atoms with E-state index < -0.39 is 54.4 Å². The van der Waals surface area contributed by atoms with Crippen molar-refractivity contribution in [3.63, 3.8) is 0 Å². The van der Waals surface area contributed by atoms with Crippen molar-refractivity contribution in [2.45, 2.75) is 103 Å². The van der Waals surface area contributed by atoms with E-state index in [0.29, 0.717) is 72.8 Å². The minimum atomic E-state index is -1.47. The minimum absolute atomic E-state index is 0.0297. The van der Waals surface area contributed by atoms with E-state index in [1.807, 2.05) is 30.5 Å². The van der Waals surface area contributed by atoms with Crippen LogP contribution in [-0.4, -0.2) is 148 Å². The van der Waals surface area contributed by atoms with Crippen LogP contribution in [0.25, 0.3) is 5.57 Å². The molecule has 4 heterocycles. The van der Waals surface area contributed by atoms with E-state index >= 15 is 0 Å². The monoisotopic (exact) mass is 1200 g/mol. The van der Waals surface area contributed by atoms with Gasteiger partial charge >= 0.3 is 18.3 Å². The fraction of sp³-hybridized carbons (Fsp3) is 0.422. The first-order valence-corrected chi connectivity index (χ1v) is 29.0. The number of hydrogen-bond acceptors (Lipinski definition) is 16. The molecule has 5 aliphatic rings. The first kappa shape index (κ1) is 62.3. The summed E-state index contributed by atoms with van der Waals surface area (Å²) in [7, 11) is 4.53. The van der Waals surface area contributed by atoms with E-state index in [2.05, 4.69) is 29.1 Å². The van der Waals surface area contributed by atoms with Crippen LogP contribution in [0, 0.1) is 11.3 Å². The Hall–Kier alpha value is -9.25. The van der Waals surface area contributed by atoms with Crippen molar-refractivity contribution < 1.29 is 76.6 Å². The summed E-state index contributed by atoms with van der Waals surface area (Å²) in [5.41, 5.74) is 3.44. The molecule has 4 N–H and O–H groups in total. The summed E-state index contributed by atoms with van der Waals surface area (Å²) in [5, 5.41) is 20.0. The molecule has 4 aliphatic heterocycles. The molecular formula is C64H75N7O16. The van der Waals surface area contributed by atoms with Crippen LogP contribution in [0.4, 0.5) is 31.4 Å². The van der Waals surface area contributed by atoms with Gasteiger partial charge in [0.2, 0.25) is 11.8 Å². The number of hydrogen-bond donors (Lipinski definition) is 4. The number of ether oxygens (including phenoxy) is 8. The number of fused-ring (bicyclic) bond motifs is 4. The van der Waals surface area contributed by atoms with Gasteiger partial charge in [0.25, 0.3) is 11.8 Å². The number of nitrogens with one attached hydrogen (secondary N) is 3. The summed E-state index contributed by atoms with van der Waals surface area (Å²) in [4.78, 5) is 101. The molecule has 1 aliphatic carbocycles. The van der Waals surface area contributed by atoms with Gasteiger partial charge in [0, 0.05) is 30.6 Å². The summed E-state index contributed by atoms with van der Waals surface area (Å²) in [6.07, 6.45) is 5.42. The van der Waals surface area contributed by atoms with Crippen molar-refractivity contribution >= 4 is 64.5 Å². The SMILES string of the molecule is C=CCOC(=O)N[C@H](C(=O)N[C@@H](C)C(=O)Nc1ccc(COC(=O)N2c3cc(OCCCCCOc4cc5c(cc4OC)C(=O)N4C=C(c6ccc(OC)cc6)C[C@H]4CN5C(=O)OCC=C)c(OC)cc3C(=O)N3CC4(CC4)C[C@H]3[C@@H]2O)cc1)C(C)C. The molecule has 9 rings (SSSR count). The first-order valence-electron chi connectivity index (χ1n) is 29.0. The fourth-order valence-electron chi connectivity index (χ4n) is 11.2. The molecule has 87 heavy (non-hydrogen) atoms. The molecule has 1 spiro atoms. The van der Waals surface area contributed by atoms with Crippen LogP contribution in [0.3, 0.4) is 0 Å². The number of nitrogens with zero attached hydrogens (tertiary/aromatic N) is 4. The zero-order valence-electron chi connectivity index (χ0n) is 49.8. The van der Waals surface area contributed by atoms with Gasteiger partial charge in [0.05, 0.1) is 75.7 Å². The Bertz CT molecular complexity index is 3290. The molecule has 2 fully saturated rings. The molecular weight excluding hydrogens is 1120 g/mol. The van der Waals surface area contributed by atoms with E-state index in [-0.39, 0.29) is 97.1 Å². The lowest BCUT2D eigenvalue weighted by Gasteiger charge is -2.31. The molecule has 1 saturated heterocycles. The smallest absolute Gasteiger partial charge is 0.416 e. The lowest BCUT2D eigenvalue weighted by atomic mass is 10.0. The minimum Gasteiger partial charge on any atom is -0.497 e. The maximum atomic E-state index is 14.4. The van der Waals surface area contributed by atoms with Crippen molar-refractivity contribution in [3.05, 3.63) is 127 Å². The Kier molecular flexibility index (Phi) is 19.6. The molecule has 0 aromatic heterocycles. The third kappa shape index (κ3) is 14.0. The Morgan fingerprint density at radius 3 is 1.97 bits per heavy atom. The van der Waals surface area contributed by atoms with Crippen LogP contribution in [0.5, 0.6) is 28.7 Å². The number of rotatable bonds is 24. The predicted octanol–water partition coefficient (Wildman–Crippen LogP) is 8.59. The second kappa shape index (κ2) is 27.4. The number of aliphatic hydroxyl groups excluding tert-OH is 1. The largest absolute Gasteiger partial charge is 0.497 e. The van der Waals surface area contributed by atoms with E-state index in [9.17, 15) is 38.7 Å². The van der Waals surface area contributed by atoms with Gasteiger partial charge in [-0.2, -0.15) is 0 Å². The Morgan fingerprint density at radius 1 is 0.724 bits per heavy atom. The number of carbonyl (C=O) groups is 7. The van der Waals surface area contributed by atoms with E-state index in [1.165, 1.54) is 50.3 Å². The number of amides is 7. The summed E-state index contributed by atoms with van der Waals surface area (Å²) in [6, 6.07) is 17.3. The molecule has 0 radical (unpaired) electrons. The lowest BCUT2D eigenvalue weighted by molar-refractivity contribution is -0.128. The maximum Gasteiger partial charge on any atom is 0.416 e. The molecule has 0 bridgehead atoms. The standard InChI is InChI=1S/C64H75N7O16/c1-9-24-85-61(77)67-55(38(3)4)57(73)65-39(5)56(72)66-43-18-14-40(15-19-43)36-87-63(79)71-49-32-54(52(82-8)30-47(49)59(75)70-37-64(22-23-64)33-50(70)60(71)76)84-27-13-11-12-26-83-53-31-48-46(29-51(53)81-7)58(74)68-34-42(41-16-20-45(80-6)21-17-41)28-44(68)35-69(48)62(78)86-25-10-2/h9-10,14-21,29-32,34,38-39,44,50,55,60,76H,1-2,11-13,22-28,33,35-37H2,3-8H3,(H,65,73)(H,66,72)(H,67,77)/t39-,44-,50-,55-,60-/m0/s1. The molecule has 7 amide bonds. The zero-order chi connectivity index (χ0) is 62.1. The quantitative estimate of drug-likeness (QED) is 0.0291. The highest BCUT2D eigenvalue weighted by molar-refractivity contribution is 6.08. The van der Waals surface area contributed by atoms with Crippen LogP contribution in [-0.2, 0) is 30.4 Å². The van der Waals surface area contributed by atoms with Crippen LogP contribution >= 0.6 is 0 Å². The van der Waals surface area contributed by atoms with Crippen LogP contribution < -0.4 is 49.4 Å². The average molecular weight is 1200 g/mol. The van der Waals surface area contributed by atoms with Crippen LogP contribution in [0.1, 0.15) is 97.6 Å². The zero-order valence-corrected chi connectivity index (χ0v) is 49.8. The third-order valence-electron chi connectivity index (χ3n) is 16.1. The molecule has 0 unspecified atom stereocenters. The number of benzene rings is 4. The topological polar surface area (TPSA) is 263 Å². The normalized spacial score (nSPS) is 18.5. The predicted molar refractivity (Wildman–Crippen MR) is 321 cm³/mol. The van der Waals surface area contributed by atoms with Gasteiger partial charge in [-0.1, -0.05) is 63.4 Å². The van der Waals surface area contributed by atoms with Gasteiger partial charge in [-0.15, -0.1) is 0 Å². The Morgan fingerprint density at radius 2 is 1.36 bits per heavy atom. The van der Waals surface area contributed by atoms with Crippen molar-refractivity contribution in [2.24, 2.45) is 11.3 Å². The van der Waals surface area contributed by atoms with Crippen molar-refractivity contribution in [1.82, 2.24) is 20.4 Å². The Balaban J connectivity index is 0.829. The van der Waals surface area contributed by atoms with Gasteiger partial charge < -0.3 is 68.8 Å². The molecule has 23 heteroatoms. The summed E-state index contributed by atoms with van der Waals surface area (Å²) < 4.78 is 45.7. The van der Waals surface area contributed by atoms with Crippen LogP contribution in [0.2, 0.25) is 0 Å². The van der Waals surface area contributed by atoms with Gasteiger partial charge in [0.1, 0.15) is 37.7 Å². The van der Waals surface area contributed by atoms with Crippen molar-refractivity contribution in [1.29, 1.82) is 0 Å². The van der Waals surface area contributed by atoms with Gasteiger partial charge in [-0.05, 0) is 116 Å². The molecule has 23 nitrogen and oxygen atoms in total. The third-order valence-corrected chi connectivity index (χ3v) is 16.1. The number of unbranched alkanes of at least 4 members (excludes halogenated alkanes) is 2. The Labute approximate surface area is 505 Å². The summed E-state index contributed by atoms with van der Waals surface area (Å²) in [5.74, 6) is -0.269. The number of alkyl carbamates (subject to hydrolysis) is 1. The summed E-state index contributed by atoms with van der Waals surface area (Å²) >= 11 is 0. The average Bonchev–Trinajstić information content (AvgIpc) is 1.67.